The van der Waals surface area contributed by atoms with Gasteiger partial charge in [0.05, 0.1) is 5.69 Å². The molecule has 1 saturated carbocycles. The average Bonchev–Trinajstić information content (AvgIpc) is 2.57. The minimum Gasteiger partial charge on any atom is -0.479 e. The first-order valence-electron chi connectivity index (χ1n) is 8.51. The van der Waals surface area contributed by atoms with Gasteiger partial charge >= 0.3 is 0 Å². The Morgan fingerprint density at radius 3 is 2.87 bits per heavy atom. The Bertz CT molecular complexity index is 594. The Hall–Kier alpha value is -2.04. The van der Waals surface area contributed by atoms with Gasteiger partial charge in [0.1, 0.15) is 5.75 Å². The van der Waals surface area contributed by atoms with Crippen molar-refractivity contribution < 1.29 is 14.3 Å². The lowest BCUT2D eigenvalue weighted by molar-refractivity contribution is -0.126. The summed E-state index contributed by atoms with van der Waals surface area (Å²) < 4.78 is 5.54. The fourth-order valence-electron chi connectivity index (χ4n) is 3.25. The van der Waals surface area contributed by atoms with Crippen molar-refractivity contribution in [1.82, 2.24) is 5.32 Å². The van der Waals surface area contributed by atoms with Crippen LogP contribution in [0.1, 0.15) is 44.6 Å². The van der Waals surface area contributed by atoms with Crippen LogP contribution in [0.4, 0.5) is 5.69 Å². The van der Waals surface area contributed by atoms with Gasteiger partial charge in [0, 0.05) is 12.5 Å². The van der Waals surface area contributed by atoms with E-state index in [-0.39, 0.29) is 17.7 Å². The number of amides is 2. The number of carbonyl (C=O) groups is 2. The third kappa shape index (κ3) is 3.84. The van der Waals surface area contributed by atoms with Crippen molar-refractivity contribution in [2.75, 3.05) is 11.9 Å². The maximum Gasteiger partial charge on any atom is 0.265 e. The van der Waals surface area contributed by atoms with Crippen molar-refractivity contribution in [1.29, 1.82) is 0 Å². The summed E-state index contributed by atoms with van der Waals surface area (Å²) in [6.45, 7) is 2.35. The molecule has 0 spiro atoms. The Kier molecular flexibility index (Phi) is 4.84. The molecule has 1 aromatic carbocycles. The van der Waals surface area contributed by atoms with E-state index in [9.17, 15) is 9.59 Å². The summed E-state index contributed by atoms with van der Waals surface area (Å²) in [5, 5.41) is 5.89. The van der Waals surface area contributed by atoms with Gasteiger partial charge < -0.3 is 15.4 Å². The standard InChI is InChI=1S/C18H24N2O3/c1-12-17(21)20-15-11-13(7-8-16(15)23-12)9-10-19-18(22)14-5-3-2-4-6-14/h7-8,11-12,14H,2-6,9-10H2,1H3,(H,19,22)(H,20,21). The van der Waals surface area contributed by atoms with Gasteiger partial charge in [0.25, 0.3) is 5.91 Å². The quantitative estimate of drug-likeness (QED) is 0.897. The number of hydrogen-bond donors (Lipinski definition) is 2. The molecule has 0 radical (unpaired) electrons. The number of ether oxygens (including phenoxy) is 1. The molecule has 1 aliphatic carbocycles. The molecule has 1 fully saturated rings. The van der Waals surface area contributed by atoms with E-state index in [1.807, 2.05) is 18.2 Å². The van der Waals surface area contributed by atoms with E-state index in [4.69, 9.17) is 4.74 Å². The molecule has 2 aliphatic rings. The first kappa shape index (κ1) is 15.8. The summed E-state index contributed by atoms with van der Waals surface area (Å²) in [6, 6.07) is 5.78. The molecule has 0 saturated heterocycles. The lowest BCUT2D eigenvalue weighted by atomic mass is 9.88. The number of carbonyl (C=O) groups excluding carboxylic acids is 2. The summed E-state index contributed by atoms with van der Waals surface area (Å²) >= 11 is 0. The normalized spacial score (nSPS) is 21.1. The van der Waals surface area contributed by atoms with Gasteiger partial charge in [-0.15, -0.1) is 0 Å². The number of fused-ring (bicyclic) bond motifs is 1. The molecule has 2 amide bonds. The molecule has 124 valence electrons. The number of hydrogen-bond acceptors (Lipinski definition) is 3. The highest BCUT2D eigenvalue weighted by atomic mass is 16.5. The van der Waals surface area contributed by atoms with Gasteiger partial charge in [0.2, 0.25) is 5.91 Å². The largest absolute Gasteiger partial charge is 0.479 e. The molecule has 5 nitrogen and oxygen atoms in total. The third-order valence-electron chi connectivity index (χ3n) is 4.66. The monoisotopic (exact) mass is 316 g/mol. The minimum absolute atomic E-state index is 0.125. The van der Waals surface area contributed by atoms with Crippen LogP contribution >= 0.6 is 0 Å². The van der Waals surface area contributed by atoms with Crippen LogP contribution < -0.4 is 15.4 Å². The molecule has 5 heteroatoms. The molecule has 1 aromatic rings. The third-order valence-corrected chi connectivity index (χ3v) is 4.66. The predicted octanol–water partition coefficient (Wildman–Crippen LogP) is 2.65. The second-order valence-corrected chi connectivity index (χ2v) is 6.46. The van der Waals surface area contributed by atoms with E-state index in [0.717, 1.165) is 24.8 Å². The Morgan fingerprint density at radius 1 is 1.30 bits per heavy atom. The Balaban J connectivity index is 1.52. The van der Waals surface area contributed by atoms with Crippen molar-refractivity contribution in [2.45, 2.75) is 51.6 Å². The molecule has 0 bridgehead atoms. The van der Waals surface area contributed by atoms with E-state index < -0.39 is 6.10 Å². The van der Waals surface area contributed by atoms with Gasteiger partial charge in [-0.1, -0.05) is 25.3 Å². The zero-order chi connectivity index (χ0) is 16.2. The summed E-state index contributed by atoms with van der Waals surface area (Å²) in [6.07, 6.45) is 5.92. The molecule has 2 N–H and O–H groups in total. The lowest BCUT2D eigenvalue weighted by Crippen LogP contribution is -2.34. The molecule has 1 unspecified atom stereocenters. The lowest BCUT2D eigenvalue weighted by Gasteiger charge is -2.24. The van der Waals surface area contributed by atoms with Gasteiger partial charge in [-0.2, -0.15) is 0 Å². The molecular formula is C18H24N2O3. The van der Waals surface area contributed by atoms with Crippen LogP contribution in [0.2, 0.25) is 0 Å². The van der Waals surface area contributed by atoms with Crippen molar-refractivity contribution >= 4 is 17.5 Å². The zero-order valence-electron chi connectivity index (χ0n) is 13.6. The molecule has 1 aliphatic heterocycles. The van der Waals surface area contributed by atoms with Crippen molar-refractivity contribution in [3.05, 3.63) is 23.8 Å². The Morgan fingerprint density at radius 2 is 2.09 bits per heavy atom. The number of anilines is 1. The summed E-state index contributed by atoms with van der Waals surface area (Å²) in [5.41, 5.74) is 1.79. The summed E-state index contributed by atoms with van der Waals surface area (Å²) in [5.74, 6) is 0.960. The number of nitrogens with one attached hydrogen (secondary N) is 2. The van der Waals surface area contributed by atoms with Gasteiger partial charge in [-0.3, -0.25) is 9.59 Å². The van der Waals surface area contributed by atoms with E-state index >= 15 is 0 Å². The zero-order valence-corrected chi connectivity index (χ0v) is 13.6. The number of rotatable bonds is 4. The van der Waals surface area contributed by atoms with Gasteiger partial charge in [0.15, 0.2) is 6.10 Å². The van der Waals surface area contributed by atoms with E-state index in [2.05, 4.69) is 10.6 Å². The maximum atomic E-state index is 12.1. The van der Waals surface area contributed by atoms with Crippen LogP contribution in [0.3, 0.4) is 0 Å². The second-order valence-electron chi connectivity index (χ2n) is 6.46. The predicted molar refractivity (Wildman–Crippen MR) is 88.5 cm³/mol. The van der Waals surface area contributed by atoms with Gasteiger partial charge in [-0.25, -0.2) is 0 Å². The fraction of sp³-hybridized carbons (Fsp3) is 0.556. The second kappa shape index (κ2) is 7.02. The number of benzene rings is 1. The van der Waals surface area contributed by atoms with Crippen LogP contribution in [-0.2, 0) is 16.0 Å². The molecule has 23 heavy (non-hydrogen) atoms. The van der Waals surface area contributed by atoms with Crippen LogP contribution in [0.25, 0.3) is 0 Å². The molecule has 3 rings (SSSR count). The van der Waals surface area contributed by atoms with Crippen LogP contribution in [0, 0.1) is 5.92 Å². The summed E-state index contributed by atoms with van der Waals surface area (Å²) in [7, 11) is 0. The molecule has 1 atom stereocenters. The first-order chi connectivity index (χ1) is 11.1. The fourth-order valence-corrected chi connectivity index (χ4v) is 3.25. The topological polar surface area (TPSA) is 67.4 Å². The van der Waals surface area contributed by atoms with Crippen LogP contribution in [0.15, 0.2) is 18.2 Å². The average molecular weight is 316 g/mol. The highest BCUT2D eigenvalue weighted by Gasteiger charge is 2.23. The maximum absolute atomic E-state index is 12.1. The van der Waals surface area contributed by atoms with Crippen LogP contribution in [-0.4, -0.2) is 24.5 Å². The van der Waals surface area contributed by atoms with E-state index in [1.165, 1.54) is 19.3 Å². The van der Waals surface area contributed by atoms with Crippen molar-refractivity contribution in [2.24, 2.45) is 5.92 Å². The van der Waals surface area contributed by atoms with Crippen LogP contribution in [0.5, 0.6) is 5.75 Å². The minimum atomic E-state index is -0.455. The first-order valence-corrected chi connectivity index (χ1v) is 8.51. The van der Waals surface area contributed by atoms with E-state index in [0.29, 0.717) is 18.0 Å². The smallest absolute Gasteiger partial charge is 0.265 e. The Labute approximate surface area is 136 Å². The van der Waals surface area contributed by atoms with E-state index in [1.54, 1.807) is 6.92 Å². The molecular weight excluding hydrogens is 292 g/mol. The van der Waals surface area contributed by atoms with Crippen molar-refractivity contribution in [3.8, 4) is 5.75 Å². The summed E-state index contributed by atoms with van der Waals surface area (Å²) in [4.78, 5) is 23.8. The highest BCUT2D eigenvalue weighted by Crippen LogP contribution is 2.30. The van der Waals surface area contributed by atoms with Gasteiger partial charge in [-0.05, 0) is 43.9 Å². The molecule has 0 aromatic heterocycles. The highest BCUT2D eigenvalue weighted by molar-refractivity contribution is 5.97. The van der Waals surface area contributed by atoms with Crippen molar-refractivity contribution in [3.63, 3.8) is 0 Å². The molecule has 1 heterocycles. The SMILES string of the molecule is CC1Oc2ccc(CCNC(=O)C3CCCCC3)cc2NC1=O.